The predicted molar refractivity (Wildman–Crippen MR) is 77.5 cm³/mol. The number of carbonyl (C=O) groups excluding carboxylic acids is 1. The van der Waals surface area contributed by atoms with E-state index in [0.29, 0.717) is 13.2 Å². The van der Waals surface area contributed by atoms with E-state index in [1.165, 1.54) is 0 Å². The minimum atomic E-state index is 0.0604. The van der Waals surface area contributed by atoms with Gasteiger partial charge in [-0.15, -0.1) is 0 Å². The molecule has 3 rings (SSSR count). The Kier molecular flexibility index (Phi) is 3.55. The average molecular weight is 275 g/mol. The van der Waals surface area contributed by atoms with Crippen molar-refractivity contribution in [2.75, 3.05) is 18.5 Å². The fraction of sp³-hybridized carbons (Fsp3) is 0.562. The summed E-state index contributed by atoms with van der Waals surface area (Å²) in [5, 5.41) is 3.10. The van der Waals surface area contributed by atoms with Crippen molar-refractivity contribution in [2.45, 2.75) is 39.5 Å². The van der Waals surface area contributed by atoms with Crippen LogP contribution in [0, 0.1) is 5.92 Å². The van der Waals surface area contributed by atoms with E-state index < -0.39 is 0 Å². The third-order valence-corrected chi connectivity index (χ3v) is 4.26. The lowest BCUT2D eigenvalue weighted by atomic mass is 10.0. The lowest BCUT2D eigenvalue weighted by Crippen LogP contribution is -2.22. The third kappa shape index (κ3) is 2.13. The number of ether oxygens (including phenoxy) is 2. The van der Waals surface area contributed by atoms with Gasteiger partial charge in [0.25, 0.3) is 0 Å². The summed E-state index contributed by atoms with van der Waals surface area (Å²) in [5.74, 6) is 1.92. The molecule has 1 N–H and O–H groups in total. The van der Waals surface area contributed by atoms with Gasteiger partial charge in [-0.3, -0.25) is 4.79 Å². The molecular weight excluding hydrogens is 254 g/mol. The van der Waals surface area contributed by atoms with E-state index in [0.717, 1.165) is 54.0 Å². The molecule has 0 saturated carbocycles. The zero-order valence-corrected chi connectivity index (χ0v) is 12.1. The molecular formula is C16H21NO3. The molecule has 2 aliphatic rings. The first kappa shape index (κ1) is 13.3. The van der Waals surface area contributed by atoms with Gasteiger partial charge in [0.2, 0.25) is 5.91 Å². The van der Waals surface area contributed by atoms with Gasteiger partial charge in [-0.05, 0) is 18.9 Å². The van der Waals surface area contributed by atoms with E-state index in [-0.39, 0.29) is 11.8 Å². The second-order valence-electron chi connectivity index (χ2n) is 5.42. The highest BCUT2D eigenvalue weighted by molar-refractivity contribution is 5.96. The number of anilines is 1. The van der Waals surface area contributed by atoms with E-state index >= 15 is 0 Å². The van der Waals surface area contributed by atoms with Crippen LogP contribution < -0.4 is 14.8 Å². The third-order valence-electron chi connectivity index (χ3n) is 4.26. The van der Waals surface area contributed by atoms with Crippen LogP contribution in [0.15, 0.2) is 6.07 Å². The number of fused-ring (bicyclic) bond motifs is 2. The Bertz CT molecular complexity index is 503. The van der Waals surface area contributed by atoms with Crippen molar-refractivity contribution < 1.29 is 14.3 Å². The molecule has 2 aliphatic heterocycles. The Hall–Kier alpha value is -1.71. The van der Waals surface area contributed by atoms with Gasteiger partial charge in [0.05, 0.1) is 18.9 Å². The summed E-state index contributed by atoms with van der Waals surface area (Å²) in [4.78, 5) is 12.4. The van der Waals surface area contributed by atoms with Crippen molar-refractivity contribution in [2.24, 2.45) is 5.92 Å². The maximum atomic E-state index is 12.4. The zero-order valence-electron chi connectivity index (χ0n) is 12.1. The van der Waals surface area contributed by atoms with Gasteiger partial charge in [0.1, 0.15) is 11.5 Å². The molecule has 4 heteroatoms. The highest BCUT2D eigenvalue weighted by Gasteiger charge is 2.28. The van der Waals surface area contributed by atoms with Crippen LogP contribution in [0.4, 0.5) is 5.69 Å². The minimum absolute atomic E-state index is 0.0604. The predicted octanol–water partition coefficient (Wildman–Crippen LogP) is 2.93. The molecule has 1 amide bonds. The van der Waals surface area contributed by atoms with E-state index in [1.807, 2.05) is 13.8 Å². The van der Waals surface area contributed by atoms with Crippen LogP contribution in [0.3, 0.4) is 0 Å². The molecule has 0 bridgehead atoms. The summed E-state index contributed by atoms with van der Waals surface area (Å²) in [6, 6.07) is 2.07. The van der Waals surface area contributed by atoms with E-state index in [1.54, 1.807) is 0 Å². The first-order valence-corrected chi connectivity index (χ1v) is 7.49. The summed E-state index contributed by atoms with van der Waals surface area (Å²) < 4.78 is 11.4. The SMILES string of the molecule is CCC(CC)C(=O)Nc1c2c(cc3c1OCC3)OCC2. The maximum absolute atomic E-state index is 12.4. The number of amides is 1. The second-order valence-corrected chi connectivity index (χ2v) is 5.42. The molecule has 0 atom stereocenters. The Labute approximate surface area is 119 Å². The number of carbonyl (C=O) groups is 1. The highest BCUT2D eigenvalue weighted by atomic mass is 16.5. The smallest absolute Gasteiger partial charge is 0.227 e. The molecule has 0 aliphatic carbocycles. The lowest BCUT2D eigenvalue weighted by molar-refractivity contribution is -0.120. The van der Waals surface area contributed by atoms with Gasteiger partial charge in [-0.25, -0.2) is 0 Å². The monoisotopic (exact) mass is 275 g/mol. The van der Waals surface area contributed by atoms with E-state index in [9.17, 15) is 4.79 Å². The van der Waals surface area contributed by atoms with Crippen LogP contribution in [0.5, 0.6) is 11.5 Å². The van der Waals surface area contributed by atoms with Crippen LogP contribution in [0.25, 0.3) is 0 Å². The molecule has 0 unspecified atom stereocenters. The van der Waals surface area contributed by atoms with Gasteiger partial charge < -0.3 is 14.8 Å². The standard InChI is InChI=1S/C16H21NO3/c1-3-10(4-2)16(18)17-14-12-6-8-19-13(12)9-11-5-7-20-15(11)14/h9-10H,3-8H2,1-2H3,(H,17,18). The Morgan fingerprint density at radius 3 is 2.75 bits per heavy atom. The number of benzene rings is 1. The fourth-order valence-corrected chi connectivity index (χ4v) is 3.00. The Morgan fingerprint density at radius 1 is 1.25 bits per heavy atom. The average Bonchev–Trinajstić information content (AvgIpc) is 3.08. The van der Waals surface area contributed by atoms with Gasteiger partial charge in [-0.2, -0.15) is 0 Å². The summed E-state index contributed by atoms with van der Waals surface area (Å²) >= 11 is 0. The normalized spacial score (nSPS) is 15.6. The Morgan fingerprint density at radius 2 is 2.00 bits per heavy atom. The maximum Gasteiger partial charge on any atom is 0.227 e. The van der Waals surface area contributed by atoms with Crippen molar-refractivity contribution >= 4 is 11.6 Å². The molecule has 0 saturated heterocycles. The largest absolute Gasteiger partial charge is 0.493 e. The van der Waals surface area contributed by atoms with Gasteiger partial charge in [-0.1, -0.05) is 13.8 Å². The molecule has 4 nitrogen and oxygen atoms in total. The number of hydrogen-bond acceptors (Lipinski definition) is 3. The van der Waals surface area contributed by atoms with Crippen LogP contribution >= 0.6 is 0 Å². The van der Waals surface area contributed by atoms with Gasteiger partial charge in [0, 0.05) is 29.9 Å². The van der Waals surface area contributed by atoms with Crippen molar-refractivity contribution in [3.63, 3.8) is 0 Å². The summed E-state index contributed by atoms with van der Waals surface area (Å²) in [7, 11) is 0. The van der Waals surface area contributed by atoms with Crippen molar-refractivity contribution in [1.29, 1.82) is 0 Å². The van der Waals surface area contributed by atoms with Crippen molar-refractivity contribution in [1.82, 2.24) is 0 Å². The molecule has 0 fully saturated rings. The summed E-state index contributed by atoms with van der Waals surface area (Å²) in [6.45, 7) is 5.47. The topological polar surface area (TPSA) is 47.6 Å². The molecule has 20 heavy (non-hydrogen) atoms. The minimum Gasteiger partial charge on any atom is -0.493 e. The second kappa shape index (κ2) is 5.35. The summed E-state index contributed by atoms with van der Waals surface area (Å²) in [5.41, 5.74) is 3.08. The van der Waals surface area contributed by atoms with Gasteiger partial charge >= 0.3 is 0 Å². The number of rotatable bonds is 4. The van der Waals surface area contributed by atoms with E-state index in [2.05, 4.69) is 11.4 Å². The van der Waals surface area contributed by atoms with Gasteiger partial charge in [0.15, 0.2) is 0 Å². The molecule has 0 spiro atoms. The Balaban J connectivity index is 1.95. The first-order valence-electron chi connectivity index (χ1n) is 7.49. The van der Waals surface area contributed by atoms with Crippen LogP contribution in [0.2, 0.25) is 0 Å². The summed E-state index contributed by atoms with van der Waals surface area (Å²) in [6.07, 6.45) is 3.44. The first-order chi connectivity index (χ1) is 9.74. The molecule has 2 heterocycles. The molecule has 0 aromatic heterocycles. The lowest BCUT2D eigenvalue weighted by Gasteiger charge is -2.17. The number of hydrogen-bond donors (Lipinski definition) is 1. The molecule has 1 aromatic rings. The molecule has 1 aromatic carbocycles. The van der Waals surface area contributed by atoms with E-state index in [4.69, 9.17) is 9.47 Å². The zero-order chi connectivity index (χ0) is 14.1. The molecule has 0 radical (unpaired) electrons. The van der Waals surface area contributed by atoms with Crippen LogP contribution in [0.1, 0.15) is 37.8 Å². The van der Waals surface area contributed by atoms with Crippen molar-refractivity contribution in [3.8, 4) is 11.5 Å². The fourth-order valence-electron chi connectivity index (χ4n) is 3.00. The molecule has 108 valence electrons. The quantitative estimate of drug-likeness (QED) is 0.919. The number of nitrogens with one attached hydrogen (secondary N) is 1. The van der Waals surface area contributed by atoms with Crippen LogP contribution in [-0.2, 0) is 17.6 Å². The van der Waals surface area contributed by atoms with Crippen molar-refractivity contribution in [3.05, 3.63) is 17.2 Å². The van der Waals surface area contributed by atoms with Crippen LogP contribution in [-0.4, -0.2) is 19.1 Å². The highest BCUT2D eigenvalue weighted by Crippen LogP contribution is 2.44.